The molecule has 120 valence electrons. The van der Waals surface area contributed by atoms with E-state index in [0.29, 0.717) is 0 Å². The molecule has 0 aliphatic heterocycles. The average molecular weight is 307 g/mol. The highest BCUT2D eigenvalue weighted by Gasteiger charge is 2.34. The summed E-state index contributed by atoms with van der Waals surface area (Å²) in [6.45, 7) is 8.55. The van der Waals surface area contributed by atoms with Gasteiger partial charge in [-0.3, -0.25) is 0 Å². The largest absolute Gasteiger partial charge is 0.0915 e. The van der Waals surface area contributed by atoms with Gasteiger partial charge in [0.05, 0.1) is 24.6 Å². The summed E-state index contributed by atoms with van der Waals surface area (Å²) in [4.78, 5) is 0. The summed E-state index contributed by atoms with van der Waals surface area (Å²) in [7, 11) is -0.820. The van der Waals surface area contributed by atoms with Crippen molar-refractivity contribution in [3.05, 3.63) is 48.6 Å². The van der Waals surface area contributed by atoms with E-state index in [1.165, 1.54) is 50.3 Å². The molecule has 0 amide bonds. The summed E-state index contributed by atoms with van der Waals surface area (Å²) in [5, 5.41) is 0. The van der Waals surface area contributed by atoms with Crippen LogP contribution in [0.2, 0.25) is 0 Å². The van der Waals surface area contributed by atoms with Crippen molar-refractivity contribution in [2.45, 2.75) is 53.4 Å². The average Bonchev–Trinajstić information content (AvgIpc) is 2.48. The first-order valence-electron chi connectivity index (χ1n) is 8.54. The van der Waals surface area contributed by atoms with Crippen LogP contribution in [0.25, 0.3) is 0 Å². The molecule has 0 atom stereocenters. The molecule has 0 aromatic carbocycles. The standard InChI is InChI=1S/C20H36P/c1-5-9-13-17-21(18-14-10-6-2,19-15-11-7-3)20-16-12-8-4/h5-12H,13-20H2,1-4H3/q+1/b9-5+,10-6+,11-7+,12-8+. The summed E-state index contributed by atoms with van der Waals surface area (Å²) in [6, 6.07) is 0. The van der Waals surface area contributed by atoms with Crippen LogP contribution >= 0.6 is 7.26 Å². The smallest absolute Gasteiger partial charge is 0.0629 e. The van der Waals surface area contributed by atoms with Crippen LogP contribution in [0.3, 0.4) is 0 Å². The molecule has 0 fully saturated rings. The van der Waals surface area contributed by atoms with E-state index < -0.39 is 7.26 Å². The highest BCUT2D eigenvalue weighted by molar-refractivity contribution is 7.75. The summed E-state index contributed by atoms with van der Waals surface area (Å²) in [6.07, 6.45) is 29.1. The zero-order valence-corrected chi connectivity index (χ0v) is 15.6. The Bertz CT molecular complexity index is 264. The topological polar surface area (TPSA) is 0 Å². The van der Waals surface area contributed by atoms with Crippen LogP contribution in [-0.4, -0.2) is 24.6 Å². The monoisotopic (exact) mass is 307 g/mol. The zero-order chi connectivity index (χ0) is 15.8. The molecule has 0 rings (SSSR count). The highest BCUT2D eigenvalue weighted by Crippen LogP contribution is 2.60. The van der Waals surface area contributed by atoms with Crippen molar-refractivity contribution in [3.63, 3.8) is 0 Å². The summed E-state index contributed by atoms with van der Waals surface area (Å²) in [5.74, 6) is 0. The van der Waals surface area contributed by atoms with Gasteiger partial charge in [0.15, 0.2) is 0 Å². The van der Waals surface area contributed by atoms with Crippen LogP contribution in [0.15, 0.2) is 48.6 Å². The molecule has 0 aliphatic carbocycles. The molecule has 0 nitrogen and oxygen atoms in total. The third kappa shape index (κ3) is 10.7. The van der Waals surface area contributed by atoms with Gasteiger partial charge in [-0.2, -0.15) is 0 Å². The van der Waals surface area contributed by atoms with Gasteiger partial charge in [0, 0.05) is 7.26 Å². The van der Waals surface area contributed by atoms with Crippen molar-refractivity contribution in [2.24, 2.45) is 0 Å². The van der Waals surface area contributed by atoms with Gasteiger partial charge in [0.25, 0.3) is 0 Å². The molecule has 0 aliphatic rings. The molecule has 0 unspecified atom stereocenters. The Hall–Kier alpha value is -0.610. The van der Waals surface area contributed by atoms with Crippen molar-refractivity contribution in [2.75, 3.05) is 24.6 Å². The van der Waals surface area contributed by atoms with Crippen molar-refractivity contribution in [3.8, 4) is 0 Å². The summed E-state index contributed by atoms with van der Waals surface area (Å²) < 4.78 is 0. The van der Waals surface area contributed by atoms with Gasteiger partial charge >= 0.3 is 0 Å². The maximum Gasteiger partial charge on any atom is 0.0629 e. The molecule has 21 heavy (non-hydrogen) atoms. The minimum Gasteiger partial charge on any atom is -0.0915 e. The fraction of sp³-hybridized carbons (Fsp3) is 0.600. The van der Waals surface area contributed by atoms with E-state index in [9.17, 15) is 0 Å². The van der Waals surface area contributed by atoms with E-state index in [1.54, 1.807) is 0 Å². The molecule has 0 aromatic heterocycles. The quantitative estimate of drug-likeness (QED) is 0.272. The fourth-order valence-corrected chi connectivity index (χ4v) is 6.86. The van der Waals surface area contributed by atoms with Gasteiger partial charge in [-0.15, -0.1) is 0 Å². The Labute approximate surface area is 134 Å². The lowest BCUT2D eigenvalue weighted by Crippen LogP contribution is -2.11. The van der Waals surface area contributed by atoms with E-state index >= 15 is 0 Å². The second kappa shape index (κ2) is 14.3. The van der Waals surface area contributed by atoms with Crippen LogP contribution in [0, 0.1) is 0 Å². The molecule has 0 spiro atoms. The van der Waals surface area contributed by atoms with Gasteiger partial charge < -0.3 is 0 Å². The zero-order valence-electron chi connectivity index (χ0n) is 14.7. The Morgan fingerprint density at radius 2 is 0.714 bits per heavy atom. The van der Waals surface area contributed by atoms with E-state index in [0.717, 1.165) is 0 Å². The Morgan fingerprint density at radius 3 is 0.905 bits per heavy atom. The minimum atomic E-state index is -0.820. The van der Waals surface area contributed by atoms with Crippen LogP contribution in [0.5, 0.6) is 0 Å². The summed E-state index contributed by atoms with van der Waals surface area (Å²) >= 11 is 0. The van der Waals surface area contributed by atoms with Crippen LogP contribution in [0.1, 0.15) is 53.4 Å². The molecule has 0 radical (unpaired) electrons. The first-order chi connectivity index (χ1) is 10.2. The lowest BCUT2D eigenvalue weighted by Gasteiger charge is -2.26. The molecular weight excluding hydrogens is 271 g/mol. The molecular formula is C20H36P+. The first-order valence-corrected chi connectivity index (χ1v) is 11.1. The number of allylic oxidation sites excluding steroid dienone is 8. The predicted octanol–water partition coefficient (Wildman–Crippen LogP) is 6.87. The molecule has 1 heteroatoms. The molecule has 0 saturated heterocycles. The van der Waals surface area contributed by atoms with Gasteiger partial charge in [0.1, 0.15) is 0 Å². The fourth-order valence-electron chi connectivity index (χ4n) is 2.73. The van der Waals surface area contributed by atoms with Crippen LogP contribution in [0.4, 0.5) is 0 Å². The Balaban J connectivity index is 4.83. The van der Waals surface area contributed by atoms with E-state index in [4.69, 9.17) is 0 Å². The van der Waals surface area contributed by atoms with Gasteiger partial charge in [-0.05, 0) is 53.4 Å². The predicted molar refractivity (Wildman–Crippen MR) is 104 cm³/mol. The Kier molecular flexibility index (Phi) is 13.9. The SMILES string of the molecule is C/C=C/CC[P+](CC/C=C/C)(CC/C=C/C)CC/C=C/C. The minimum absolute atomic E-state index is 0.820. The highest BCUT2D eigenvalue weighted by atomic mass is 31.2. The normalized spacial score (nSPS) is 13.5. The van der Waals surface area contributed by atoms with Crippen molar-refractivity contribution < 1.29 is 0 Å². The van der Waals surface area contributed by atoms with Gasteiger partial charge in [-0.1, -0.05) is 48.6 Å². The first kappa shape index (κ1) is 20.4. The van der Waals surface area contributed by atoms with Crippen molar-refractivity contribution >= 4 is 7.26 Å². The third-order valence-electron chi connectivity index (χ3n) is 4.02. The maximum atomic E-state index is 2.36. The molecule has 0 saturated carbocycles. The Morgan fingerprint density at radius 1 is 0.476 bits per heavy atom. The number of rotatable bonds is 12. The van der Waals surface area contributed by atoms with Crippen LogP contribution < -0.4 is 0 Å². The number of hydrogen-bond donors (Lipinski definition) is 0. The molecule has 0 aromatic rings. The van der Waals surface area contributed by atoms with Crippen molar-refractivity contribution in [1.82, 2.24) is 0 Å². The second-order valence-corrected chi connectivity index (χ2v) is 10.1. The van der Waals surface area contributed by atoms with Gasteiger partial charge in [-0.25, -0.2) is 0 Å². The van der Waals surface area contributed by atoms with Gasteiger partial charge in [0.2, 0.25) is 0 Å². The molecule has 0 bridgehead atoms. The van der Waals surface area contributed by atoms with E-state index in [1.807, 2.05) is 0 Å². The molecule has 0 heterocycles. The van der Waals surface area contributed by atoms with E-state index in [2.05, 4.69) is 76.3 Å². The third-order valence-corrected chi connectivity index (χ3v) is 8.85. The second-order valence-electron chi connectivity index (χ2n) is 5.67. The summed E-state index contributed by atoms with van der Waals surface area (Å²) in [5.41, 5.74) is 0. The number of hydrogen-bond acceptors (Lipinski definition) is 0. The molecule has 0 N–H and O–H groups in total. The van der Waals surface area contributed by atoms with Crippen LogP contribution in [-0.2, 0) is 0 Å². The van der Waals surface area contributed by atoms with Crippen molar-refractivity contribution in [1.29, 1.82) is 0 Å². The van der Waals surface area contributed by atoms with E-state index in [-0.39, 0.29) is 0 Å². The lowest BCUT2D eigenvalue weighted by atomic mass is 10.4. The maximum absolute atomic E-state index is 2.36. The lowest BCUT2D eigenvalue weighted by molar-refractivity contribution is 1.06.